The molecule has 0 aromatic heterocycles. The number of amides is 2. The quantitative estimate of drug-likeness (QED) is 0.413. The van der Waals surface area contributed by atoms with Gasteiger partial charge < -0.3 is 24.7 Å². The number of nitrogens with one attached hydrogen (secondary N) is 1. The zero-order valence-electron chi connectivity index (χ0n) is 28.0. The number of fused-ring (bicyclic) bond motifs is 5. The minimum atomic E-state index is -4.28. The Hall–Kier alpha value is -3.16. The van der Waals surface area contributed by atoms with Crippen LogP contribution in [0.25, 0.3) is 0 Å². The average molecular weight is 713 g/mol. The monoisotopic (exact) mass is 712 g/mol. The lowest BCUT2D eigenvalue weighted by molar-refractivity contribution is -0.153. The lowest BCUT2D eigenvalue weighted by atomic mass is 9.68. The maximum absolute atomic E-state index is 13.9. The van der Waals surface area contributed by atoms with E-state index in [1.54, 1.807) is 23.1 Å². The molecule has 2 aromatic carbocycles. The van der Waals surface area contributed by atoms with E-state index in [0.29, 0.717) is 49.1 Å². The van der Waals surface area contributed by atoms with Crippen molar-refractivity contribution in [3.05, 3.63) is 70.3 Å². The molecule has 3 aliphatic heterocycles. The highest BCUT2D eigenvalue weighted by atomic mass is 35.5. The number of nitrogens with zero attached hydrogens (tertiary/aromatic N) is 3. The van der Waals surface area contributed by atoms with Gasteiger partial charge in [0.15, 0.2) is 5.60 Å². The van der Waals surface area contributed by atoms with Crippen molar-refractivity contribution in [1.82, 2.24) is 13.9 Å². The number of aliphatic hydroxyl groups is 2. The molecule has 5 unspecified atom stereocenters. The Morgan fingerprint density at radius 2 is 1.96 bits per heavy atom. The van der Waals surface area contributed by atoms with Crippen LogP contribution in [-0.4, -0.2) is 92.1 Å². The van der Waals surface area contributed by atoms with Crippen molar-refractivity contribution in [2.75, 3.05) is 45.2 Å². The summed E-state index contributed by atoms with van der Waals surface area (Å²) in [6, 6.07) is 10.8. The van der Waals surface area contributed by atoms with Crippen LogP contribution in [0.1, 0.15) is 61.6 Å². The number of halogens is 1. The van der Waals surface area contributed by atoms with E-state index in [4.69, 9.17) is 16.3 Å². The Bertz CT molecular complexity index is 1790. The number of ether oxygens (including phenoxy) is 1. The molecule has 1 spiro atoms. The van der Waals surface area contributed by atoms with Gasteiger partial charge in [0, 0.05) is 50.2 Å². The number of anilines is 1. The third kappa shape index (κ3) is 6.24. The molecule has 1 saturated carbocycles. The first-order valence-corrected chi connectivity index (χ1v) is 19.0. The van der Waals surface area contributed by atoms with Crippen LogP contribution in [0.2, 0.25) is 5.02 Å². The van der Waals surface area contributed by atoms with Crippen molar-refractivity contribution in [2.45, 2.75) is 74.5 Å². The van der Waals surface area contributed by atoms with E-state index in [2.05, 4.69) is 11.0 Å². The lowest BCUT2D eigenvalue weighted by Gasteiger charge is -2.45. The second kappa shape index (κ2) is 12.9. The molecule has 2 fully saturated rings. The number of benzene rings is 2. The van der Waals surface area contributed by atoms with Gasteiger partial charge in [0.25, 0.3) is 5.91 Å². The van der Waals surface area contributed by atoms with Crippen LogP contribution in [0.4, 0.5) is 5.69 Å². The summed E-state index contributed by atoms with van der Waals surface area (Å²) in [5.41, 5.74) is 0.264. The fourth-order valence-corrected chi connectivity index (χ4v) is 9.16. The number of carbonyl (C=O) groups excluding carboxylic acids is 2. The molecular formula is C36H45ClN4O7S. The van der Waals surface area contributed by atoms with E-state index in [1.165, 1.54) is 25.2 Å². The van der Waals surface area contributed by atoms with Crippen LogP contribution in [0.15, 0.2) is 48.6 Å². The van der Waals surface area contributed by atoms with Crippen LogP contribution < -0.4 is 14.4 Å². The van der Waals surface area contributed by atoms with Crippen LogP contribution >= 0.6 is 11.6 Å². The van der Waals surface area contributed by atoms with Gasteiger partial charge in [-0.15, -0.1) is 0 Å². The molecular weight excluding hydrogens is 668 g/mol. The Balaban J connectivity index is 1.34. The molecule has 264 valence electrons. The molecule has 3 N–H and O–H groups in total. The summed E-state index contributed by atoms with van der Waals surface area (Å²) >= 11 is 6.42. The van der Waals surface area contributed by atoms with Crippen molar-refractivity contribution in [1.29, 1.82) is 0 Å². The second-order valence-corrected chi connectivity index (χ2v) is 17.0. The normalized spacial score (nSPS) is 32.1. The predicted molar refractivity (Wildman–Crippen MR) is 186 cm³/mol. The summed E-state index contributed by atoms with van der Waals surface area (Å²) in [6.07, 6.45) is 8.42. The first-order chi connectivity index (χ1) is 23.3. The number of hydrogen-bond donors (Lipinski definition) is 3. The largest absolute Gasteiger partial charge is 0.490 e. The van der Waals surface area contributed by atoms with Crippen molar-refractivity contribution in [2.24, 2.45) is 11.8 Å². The van der Waals surface area contributed by atoms with E-state index in [9.17, 15) is 28.2 Å². The summed E-state index contributed by atoms with van der Waals surface area (Å²) in [5, 5.41) is 24.2. The molecule has 0 radical (unpaired) electrons. The minimum Gasteiger partial charge on any atom is -0.490 e. The second-order valence-electron chi connectivity index (χ2n) is 14.7. The predicted octanol–water partition coefficient (Wildman–Crippen LogP) is 3.26. The van der Waals surface area contributed by atoms with Gasteiger partial charge in [-0.25, -0.2) is 4.72 Å². The third-order valence-electron chi connectivity index (χ3n) is 11.6. The van der Waals surface area contributed by atoms with Gasteiger partial charge in [-0.05, 0) is 97.7 Å². The fourth-order valence-electron chi connectivity index (χ4n) is 8.38. The van der Waals surface area contributed by atoms with Crippen LogP contribution in [0.5, 0.6) is 5.75 Å². The summed E-state index contributed by atoms with van der Waals surface area (Å²) in [5.74, 6) is -0.855. The highest BCUT2D eigenvalue weighted by molar-refractivity contribution is 7.87. The fraction of sp³-hybridized carbons (Fsp3) is 0.556. The molecule has 7 rings (SSSR count). The third-order valence-corrected chi connectivity index (χ3v) is 13.2. The van der Waals surface area contributed by atoms with Crippen LogP contribution in [0.3, 0.4) is 0 Å². The molecule has 3 heterocycles. The highest BCUT2D eigenvalue weighted by Crippen LogP contribution is 2.47. The summed E-state index contributed by atoms with van der Waals surface area (Å²) < 4.78 is 35.1. The summed E-state index contributed by atoms with van der Waals surface area (Å²) in [6.45, 7) is 2.06. The molecule has 2 aromatic rings. The SMILES string of the molecule is CN(C)S(=O)(=O)NC(=O)C1(O)CC(=O)N2CC[C@H]2C/C=C/C(O)C2CCC2CN2CC3(CCCc4cc(Cl)ccc43)COc3ccc1cc32. The van der Waals surface area contributed by atoms with E-state index in [0.717, 1.165) is 42.8 Å². The van der Waals surface area contributed by atoms with Crippen molar-refractivity contribution >= 4 is 39.3 Å². The van der Waals surface area contributed by atoms with E-state index < -0.39 is 40.1 Å². The van der Waals surface area contributed by atoms with Gasteiger partial charge in [-0.2, -0.15) is 12.7 Å². The van der Waals surface area contributed by atoms with Crippen molar-refractivity contribution in [3.63, 3.8) is 0 Å². The van der Waals surface area contributed by atoms with Gasteiger partial charge in [0.1, 0.15) is 5.75 Å². The average Bonchev–Trinajstić information content (AvgIpc) is 3.16. The Morgan fingerprint density at radius 3 is 2.67 bits per heavy atom. The highest BCUT2D eigenvalue weighted by Gasteiger charge is 2.48. The van der Waals surface area contributed by atoms with E-state index >= 15 is 0 Å². The summed E-state index contributed by atoms with van der Waals surface area (Å²) in [4.78, 5) is 31.5. The number of carbonyl (C=O) groups is 2. The van der Waals surface area contributed by atoms with Crippen LogP contribution in [-0.2, 0) is 37.2 Å². The number of aliphatic hydroxyl groups excluding tert-OH is 1. The van der Waals surface area contributed by atoms with Crippen molar-refractivity contribution in [3.8, 4) is 5.75 Å². The maximum atomic E-state index is 13.9. The molecule has 13 heteroatoms. The van der Waals surface area contributed by atoms with Crippen LogP contribution in [0, 0.1) is 11.8 Å². The van der Waals surface area contributed by atoms with Gasteiger partial charge in [-0.1, -0.05) is 35.9 Å². The molecule has 5 aliphatic rings. The number of hydrogen-bond acceptors (Lipinski definition) is 8. The molecule has 2 aliphatic carbocycles. The smallest absolute Gasteiger partial charge is 0.303 e. The van der Waals surface area contributed by atoms with Gasteiger partial charge >= 0.3 is 10.2 Å². The number of aryl methyl sites for hydroxylation is 1. The van der Waals surface area contributed by atoms with Gasteiger partial charge in [0.2, 0.25) is 5.91 Å². The summed E-state index contributed by atoms with van der Waals surface area (Å²) in [7, 11) is -1.73. The molecule has 1 saturated heterocycles. The minimum absolute atomic E-state index is 0.0615. The lowest BCUT2D eigenvalue weighted by Crippen LogP contribution is -2.56. The number of rotatable bonds is 3. The zero-order valence-corrected chi connectivity index (χ0v) is 29.5. The Kier molecular flexibility index (Phi) is 9.01. The molecule has 2 bridgehead atoms. The Labute approximate surface area is 293 Å². The van der Waals surface area contributed by atoms with Gasteiger partial charge in [0.05, 0.1) is 24.8 Å². The molecule has 6 atom stereocenters. The van der Waals surface area contributed by atoms with Crippen molar-refractivity contribution < 1.29 is 33.0 Å². The van der Waals surface area contributed by atoms with E-state index in [-0.39, 0.29) is 28.9 Å². The zero-order chi connectivity index (χ0) is 34.7. The standard InChI is InChI=1S/C36H45ClN4O7S/c1-39(2)49(46,47)38-34(44)36(45)19-33(43)41-16-14-27(41)6-3-7-31(42)28-11-8-24(28)20-40-21-35(22-48-32-13-9-25(36)18-30(32)40)15-4-5-23-17-26(37)10-12-29(23)35/h3,7,9-10,12-13,17-18,24,27-28,31,42,45H,4-6,8,11,14-16,19-22H2,1-2H3,(H,38,44)/b7-3+/t24?,27-,28?,31?,35?,36?/m1/s1. The molecule has 11 nitrogen and oxygen atoms in total. The maximum Gasteiger partial charge on any atom is 0.303 e. The molecule has 2 amide bonds. The topological polar surface area (TPSA) is 140 Å². The molecule has 49 heavy (non-hydrogen) atoms. The van der Waals surface area contributed by atoms with Gasteiger partial charge in [-0.3, -0.25) is 9.59 Å². The first-order valence-electron chi connectivity index (χ1n) is 17.2. The van der Waals surface area contributed by atoms with E-state index in [1.807, 2.05) is 29.0 Å². The Morgan fingerprint density at radius 1 is 1.14 bits per heavy atom. The first kappa shape index (κ1) is 34.3.